The molecule has 2 heterocycles. The SMILES string of the molecule is Cc1c(C(=O)NC2(CC(=O)O)CCOCC2)cnn1Cc1ccccc1. The summed E-state index contributed by atoms with van der Waals surface area (Å²) >= 11 is 0. The van der Waals surface area contributed by atoms with Crippen molar-refractivity contribution in [3.8, 4) is 0 Å². The number of aromatic nitrogens is 2. The van der Waals surface area contributed by atoms with Gasteiger partial charge in [0.15, 0.2) is 0 Å². The molecule has 1 aromatic heterocycles. The maximum Gasteiger partial charge on any atom is 0.305 e. The Balaban J connectivity index is 1.76. The van der Waals surface area contributed by atoms with Gasteiger partial charge in [-0.25, -0.2) is 0 Å². The second-order valence-corrected chi connectivity index (χ2v) is 6.70. The van der Waals surface area contributed by atoms with E-state index in [4.69, 9.17) is 4.74 Å². The van der Waals surface area contributed by atoms with E-state index in [0.29, 0.717) is 38.2 Å². The Morgan fingerprint density at radius 3 is 2.62 bits per heavy atom. The van der Waals surface area contributed by atoms with Crippen LogP contribution in [0, 0.1) is 6.92 Å². The predicted molar refractivity (Wildman–Crippen MR) is 95.0 cm³/mol. The molecule has 1 aromatic carbocycles. The third-order valence-corrected chi connectivity index (χ3v) is 4.84. The first-order valence-electron chi connectivity index (χ1n) is 8.67. The van der Waals surface area contributed by atoms with Crippen LogP contribution in [0.1, 0.15) is 40.9 Å². The van der Waals surface area contributed by atoms with Gasteiger partial charge in [-0.2, -0.15) is 5.10 Å². The number of carboxylic acid groups (broad SMARTS) is 1. The Bertz CT molecular complexity index is 779. The summed E-state index contributed by atoms with van der Waals surface area (Å²) in [5, 5.41) is 16.5. The van der Waals surface area contributed by atoms with Gasteiger partial charge in [0.1, 0.15) is 0 Å². The Labute approximate surface area is 152 Å². The van der Waals surface area contributed by atoms with Gasteiger partial charge >= 0.3 is 5.97 Å². The molecule has 1 saturated heterocycles. The van der Waals surface area contributed by atoms with E-state index >= 15 is 0 Å². The van der Waals surface area contributed by atoms with E-state index < -0.39 is 11.5 Å². The van der Waals surface area contributed by atoms with E-state index in [-0.39, 0.29) is 12.3 Å². The molecule has 0 unspecified atom stereocenters. The number of hydrogen-bond donors (Lipinski definition) is 2. The van der Waals surface area contributed by atoms with Gasteiger partial charge in [-0.1, -0.05) is 30.3 Å². The average molecular weight is 357 g/mol. The molecule has 1 aliphatic rings. The largest absolute Gasteiger partial charge is 0.481 e. The van der Waals surface area contributed by atoms with Crippen molar-refractivity contribution in [1.29, 1.82) is 0 Å². The van der Waals surface area contributed by atoms with Crippen molar-refractivity contribution in [3.05, 3.63) is 53.3 Å². The number of ether oxygens (including phenoxy) is 1. The zero-order valence-corrected chi connectivity index (χ0v) is 14.8. The molecular weight excluding hydrogens is 334 g/mol. The normalized spacial score (nSPS) is 16.2. The highest BCUT2D eigenvalue weighted by Crippen LogP contribution is 2.25. The first kappa shape index (κ1) is 18.1. The number of carbonyl (C=O) groups is 2. The third kappa shape index (κ3) is 4.11. The van der Waals surface area contributed by atoms with Gasteiger partial charge in [-0.05, 0) is 25.3 Å². The molecule has 0 radical (unpaired) electrons. The van der Waals surface area contributed by atoms with Crippen molar-refractivity contribution in [3.63, 3.8) is 0 Å². The fourth-order valence-electron chi connectivity index (χ4n) is 3.29. The number of nitrogens with one attached hydrogen (secondary N) is 1. The fourth-order valence-corrected chi connectivity index (χ4v) is 3.29. The second kappa shape index (κ2) is 7.70. The van der Waals surface area contributed by atoms with Gasteiger partial charge < -0.3 is 15.2 Å². The number of amides is 1. The molecular formula is C19H23N3O4. The third-order valence-electron chi connectivity index (χ3n) is 4.84. The molecule has 0 aliphatic carbocycles. The minimum absolute atomic E-state index is 0.112. The lowest BCUT2D eigenvalue weighted by atomic mass is 9.86. The molecule has 0 bridgehead atoms. The summed E-state index contributed by atoms with van der Waals surface area (Å²) in [6.45, 7) is 3.31. The van der Waals surface area contributed by atoms with Crippen molar-refractivity contribution >= 4 is 11.9 Å². The van der Waals surface area contributed by atoms with E-state index in [0.717, 1.165) is 11.3 Å². The first-order chi connectivity index (χ1) is 12.5. The Hall–Kier alpha value is -2.67. The van der Waals surface area contributed by atoms with Gasteiger partial charge in [0.2, 0.25) is 0 Å². The smallest absolute Gasteiger partial charge is 0.305 e. The van der Waals surface area contributed by atoms with Crippen molar-refractivity contribution in [2.45, 2.75) is 38.3 Å². The van der Waals surface area contributed by atoms with Crippen LogP contribution in [0.3, 0.4) is 0 Å². The van der Waals surface area contributed by atoms with Crippen molar-refractivity contribution in [2.75, 3.05) is 13.2 Å². The van der Waals surface area contributed by atoms with Crippen LogP contribution in [0.25, 0.3) is 0 Å². The summed E-state index contributed by atoms with van der Waals surface area (Å²) in [4.78, 5) is 24.0. The molecule has 0 saturated carbocycles. The standard InChI is InChI=1S/C19H23N3O4/c1-14-16(12-20-22(14)13-15-5-3-2-4-6-15)18(25)21-19(11-17(23)24)7-9-26-10-8-19/h2-6,12H,7-11,13H2,1H3,(H,21,25)(H,23,24). The fraction of sp³-hybridized carbons (Fsp3) is 0.421. The predicted octanol–water partition coefficient (Wildman–Crippen LogP) is 1.99. The van der Waals surface area contributed by atoms with E-state index in [1.165, 1.54) is 0 Å². The Kier molecular flexibility index (Phi) is 5.37. The first-order valence-corrected chi connectivity index (χ1v) is 8.67. The van der Waals surface area contributed by atoms with Crippen LogP contribution in [0.2, 0.25) is 0 Å². The monoisotopic (exact) mass is 357 g/mol. The van der Waals surface area contributed by atoms with Crippen molar-refractivity contribution in [1.82, 2.24) is 15.1 Å². The number of rotatable bonds is 6. The quantitative estimate of drug-likeness (QED) is 0.825. The van der Waals surface area contributed by atoms with Gasteiger partial charge in [-0.3, -0.25) is 14.3 Å². The number of carbonyl (C=O) groups excluding carboxylic acids is 1. The molecule has 26 heavy (non-hydrogen) atoms. The highest BCUT2D eigenvalue weighted by molar-refractivity contribution is 5.95. The van der Waals surface area contributed by atoms with E-state index in [9.17, 15) is 14.7 Å². The van der Waals surface area contributed by atoms with Crippen LogP contribution in [0.15, 0.2) is 36.5 Å². The summed E-state index contributed by atoms with van der Waals surface area (Å²) in [6, 6.07) is 9.88. The Morgan fingerprint density at radius 1 is 1.27 bits per heavy atom. The zero-order chi connectivity index (χ0) is 18.6. The molecule has 0 spiro atoms. The molecule has 0 atom stereocenters. The molecule has 2 aromatic rings. The number of hydrogen-bond acceptors (Lipinski definition) is 4. The molecule has 138 valence electrons. The van der Waals surface area contributed by atoms with Crippen LogP contribution in [-0.2, 0) is 16.1 Å². The van der Waals surface area contributed by atoms with E-state index in [1.807, 2.05) is 37.3 Å². The lowest BCUT2D eigenvalue weighted by Gasteiger charge is -2.36. The zero-order valence-electron chi connectivity index (χ0n) is 14.8. The topological polar surface area (TPSA) is 93.5 Å². The average Bonchev–Trinajstić information content (AvgIpc) is 2.96. The number of aliphatic carboxylic acids is 1. The molecule has 1 fully saturated rings. The maximum absolute atomic E-state index is 12.8. The summed E-state index contributed by atoms with van der Waals surface area (Å²) in [5.74, 6) is -1.21. The van der Waals surface area contributed by atoms with Gasteiger partial charge in [-0.15, -0.1) is 0 Å². The number of nitrogens with zero attached hydrogens (tertiary/aromatic N) is 2. The summed E-state index contributed by atoms with van der Waals surface area (Å²) in [5.41, 5.74) is 1.55. The van der Waals surface area contributed by atoms with Crippen molar-refractivity contribution < 1.29 is 19.4 Å². The second-order valence-electron chi connectivity index (χ2n) is 6.70. The molecule has 1 amide bonds. The van der Waals surface area contributed by atoms with E-state index in [1.54, 1.807) is 10.9 Å². The van der Waals surface area contributed by atoms with Crippen LogP contribution in [-0.4, -0.2) is 45.5 Å². The summed E-state index contributed by atoms with van der Waals surface area (Å²) < 4.78 is 7.10. The van der Waals surface area contributed by atoms with Crippen LogP contribution < -0.4 is 5.32 Å². The molecule has 1 aliphatic heterocycles. The molecule has 7 nitrogen and oxygen atoms in total. The summed E-state index contributed by atoms with van der Waals surface area (Å²) in [7, 11) is 0. The lowest BCUT2D eigenvalue weighted by molar-refractivity contribution is -0.139. The van der Waals surface area contributed by atoms with Gasteiger partial charge in [0, 0.05) is 18.9 Å². The molecule has 7 heteroatoms. The molecule has 3 rings (SSSR count). The van der Waals surface area contributed by atoms with Crippen LogP contribution in [0.5, 0.6) is 0 Å². The van der Waals surface area contributed by atoms with Crippen LogP contribution >= 0.6 is 0 Å². The van der Waals surface area contributed by atoms with Gasteiger partial charge in [0.25, 0.3) is 5.91 Å². The van der Waals surface area contributed by atoms with Crippen LogP contribution in [0.4, 0.5) is 0 Å². The minimum atomic E-state index is -0.927. The molecule has 2 N–H and O–H groups in total. The van der Waals surface area contributed by atoms with E-state index in [2.05, 4.69) is 10.4 Å². The number of carboxylic acids is 1. The highest BCUT2D eigenvalue weighted by atomic mass is 16.5. The lowest BCUT2D eigenvalue weighted by Crippen LogP contribution is -2.53. The summed E-state index contributed by atoms with van der Waals surface area (Å²) in [6.07, 6.45) is 2.41. The minimum Gasteiger partial charge on any atom is -0.481 e. The van der Waals surface area contributed by atoms with Gasteiger partial charge in [0.05, 0.1) is 30.3 Å². The van der Waals surface area contributed by atoms with Crippen molar-refractivity contribution in [2.24, 2.45) is 0 Å². The Morgan fingerprint density at radius 2 is 1.96 bits per heavy atom. The maximum atomic E-state index is 12.8. The highest BCUT2D eigenvalue weighted by Gasteiger charge is 2.37. The number of benzene rings is 1.